The summed E-state index contributed by atoms with van der Waals surface area (Å²) in [6, 6.07) is 7.86. The van der Waals surface area contributed by atoms with Gasteiger partial charge < -0.3 is 14.9 Å². The average molecular weight is 234 g/mol. The van der Waals surface area contributed by atoms with E-state index in [1.54, 1.807) is 11.8 Å². The van der Waals surface area contributed by atoms with Crippen molar-refractivity contribution >= 4 is 17.3 Å². The molecule has 1 N–H and O–H groups in total. The van der Waals surface area contributed by atoms with Crippen molar-refractivity contribution in [1.82, 2.24) is 0 Å². The van der Waals surface area contributed by atoms with E-state index in [0.29, 0.717) is 19.5 Å². The van der Waals surface area contributed by atoms with Crippen LogP contribution < -0.4 is 9.80 Å². The lowest BCUT2D eigenvalue weighted by atomic mass is 10.1. The second-order valence-corrected chi connectivity index (χ2v) is 4.53. The zero-order valence-corrected chi connectivity index (χ0v) is 10.3. The number of aliphatic hydroxyl groups is 1. The monoisotopic (exact) mass is 234 g/mol. The zero-order valence-electron chi connectivity index (χ0n) is 10.3. The van der Waals surface area contributed by atoms with Crippen molar-refractivity contribution < 1.29 is 9.90 Å². The molecule has 4 heteroatoms. The molecule has 0 aromatic heterocycles. The molecule has 0 saturated carbocycles. The van der Waals surface area contributed by atoms with Crippen molar-refractivity contribution in [3.05, 3.63) is 24.3 Å². The van der Waals surface area contributed by atoms with Crippen LogP contribution in [0.2, 0.25) is 0 Å². The molecule has 0 fully saturated rings. The van der Waals surface area contributed by atoms with E-state index in [1.165, 1.54) is 0 Å². The Morgan fingerprint density at radius 3 is 2.65 bits per heavy atom. The summed E-state index contributed by atoms with van der Waals surface area (Å²) in [7, 11) is 1.92. The Bertz CT molecular complexity index is 418. The minimum absolute atomic E-state index is 0.0897. The molecule has 1 atom stereocenters. The second-order valence-electron chi connectivity index (χ2n) is 4.53. The van der Waals surface area contributed by atoms with Gasteiger partial charge in [-0.15, -0.1) is 0 Å². The number of aliphatic hydroxyl groups excluding tert-OH is 1. The van der Waals surface area contributed by atoms with Crippen LogP contribution in [0.1, 0.15) is 13.3 Å². The van der Waals surface area contributed by atoms with Gasteiger partial charge in [0, 0.05) is 13.6 Å². The van der Waals surface area contributed by atoms with Gasteiger partial charge >= 0.3 is 0 Å². The number of fused-ring (bicyclic) bond motifs is 1. The van der Waals surface area contributed by atoms with Crippen molar-refractivity contribution in [2.24, 2.45) is 0 Å². The first-order valence-corrected chi connectivity index (χ1v) is 5.88. The van der Waals surface area contributed by atoms with Crippen LogP contribution in [0.3, 0.4) is 0 Å². The van der Waals surface area contributed by atoms with Gasteiger partial charge in [-0.25, -0.2) is 0 Å². The standard InChI is InChI=1S/C13H18N2O2/c1-10(16)7-8-15-12-6-4-3-5-11(12)14(2)9-13(15)17/h3-6,10,16H,7-9H2,1-2H3. The van der Waals surface area contributed by atoms with Gasteiger partial charge in [0.25, 0.3) is 0 Å². The number of anilines is 2. The number of rotatable bonds is 3. The molecule has 2 rings (SSSR count). The molecule has 0 bridgehead atoms. The number of para-hydroxylation sites is 2. The molecule has 1 unspecified atom stereocenters. The summed E-state index contributed by atoms with van der Waals surface area (Å²) >= 11 is 0. The third kappa shape index (κ3) is 2.42. The topological polar surface area (TPSA) is 43.8 Å². The third-order valence-electron chi connectivity index (χ3n) is 3.03. The second kappa shape index (κ2) is 4.75. The van der Waals surface area contributed by atoms with Gasteiger partial charge in [-0.3, -0.25) is 4.79 Å². The molecule has 0 spiro atoms. The number of carbonyl (C=O) groups excluding carboxylic acids is 1. The molecule has 1 amide bonds. The summed E-state index contributed by atoms with van der Waals surface area (Å²) < 4.78 is 0. The highest BCUT2D eigenvalue weighted by atomic mass is 16.3. The SMILES string of the molecule is CC(O)CCN1C(=O)CN(C)c2ccccc21. The van der Waals surface area contributed by atoms with Crippen LogP contribution in [0.4, 0.5) is 11.4 Å². The quantitative estimate of drug-likeness (QED) is 0.855. The molecular weight excluding hydrogens is 216 g/mol. The smallest absolute Gasteiger partial charge is 0.246 e. The number of hydrogen-bond acceptors (Lipinski definition) is 3. The van der Waals surface area contributed by atoms with Crippen LogP contribution in [0.25, 0.3) is 0 Å². The maximum Gasteiger partial charge on any atom is 0.246 e. The van der Waals surface area contributed by atoms with Gasteiger partial charge in [0.2, 0.25) is 5.91 Å². The van der Waals surface area contributed by atoms with Crippen LogP contribution in [-0.2, 0) is 4.79 Å². The molecule has 17 heavy (non-hydrogen) atoms. The highest BCUT2D eigenvalue weighted by molar-refractivity contribution is 6.03. The number of likely N-dealkylation sites (N-methyl/N-ethyl adjacent to an activating group) is 1. The van der Waals surface area contributed by atoms with Gasteiger partial charge in [-0.1, -0.05) is 12.1 Å². The van der Waals surface area contributed by atoms with Crippen LogP contribution in [0.5, 0.6) is 0 Å². The molecule has 92 valence electrons. The van der Waals surface area contributed by atoms with E-state index < -0.39 is 0 Å². The number of benzene rings is 1. The molecule has 1 aromatic rings. The van der Waals surface area contributed by atoms with Crippen LogP contribution >= 0.6 is 0 Å². The van der Waals surface area contributed by atoms with E-state index in [0.717, 1.165) is 11.4 Å². The maximum atomic E-state index is 12.0. The Balaban J connectivity index is 2.26. The Labute approximate surface area is 101 Å². The van der Waals surface area contributed by atoms with E-state index in [9.17, 15) is 9.90 Å². The fraction of sp³-hybridized carbons (Fsp3) is 0.462. The first-order valence-electron chi connectivity index (χ1n) is 5.88. The van der Waals surface area contributed by atoms with Crippen LogP contribution in [-0.4, -0.2) is 37.3 Å². The van der Waals surface area contributed by atoms with E-state index in [-0.39, 0.29) is 12.0 Å². The Hall–Kier alpha value is -1.55. The molecule has 4 nitrogen and oxygen atoms in total. The van der Waals surface area contributed by atoms with Crippen LogP contribution in [0, 0.1) is 0 Å². The Morgan fingerprint density at radius 1 is 1.35 bits per heavy atom. The van der Waals surface area contributed by atoms with Gasteiger partial charge in [0.1, 0.15) is 0 Å². The lowest BCUT2D eigenvalue weighted by Gasteiger charge is -2.35. The Morgan fingerprint density at radius 2 is 2.00 bits per heavy atom. The van der Waals surface area contributed by atoms with Crippen molar-refractivity contribution in [1.29, 1.82) is 0 Å². The van der Waals surface area contributed by atoms with Crippen molar-refractivity contribution in [3.63, 3.8) is 0 Å². The summed E-state index contributed by atoms with van der Waals surface area (Å²) in [6.07, 6.45) is 0.221. The summed E-state index contributed by atoms with van der Waals surface area (Å²) in [5.74, 6) is 0.0897. The van der Waals surface area contributed by atoms with Gasteiger partial charge in [0.05, 0.1) is 24.0 Å². The molecule has 1 aliphatic heterocycles. The molecular formula is C13H18N2O2. The number of amides is 1. The fourth-order valence-electron chi connectivity index (χ4n) is 2.08. The van der Waals surface area contributed by atoms with E-state index in [2.05, 4.69) is 0 Å². The largest absolute Gasteiger partial charge is 0.393 e. The molecule has 0 saturated heterocycles. The molecule has 0 radical (unpaired) electrons. The maximum absolute atomic E-state index is 12.0. The number of nitrogens with zero attached hydrogens (tertiary/aromatic N) is 2. The van der Waals surface area contributed by atoms with Crippen molar-refractivity contribution in [2.75, 3.05) is 29.9 Å². The summed E-state index contributed by atoms with van der Waals surface area (Å²) in [6.45, 7) is 2.71. The van der Waals surface area contributed by atoms with Gasteiger partial charge in [-0.2, -0.15) is 0 Å². The average Bonchev–Trinajstić information content (AvgIpc) is 2.28. The summed E-state index contributed by atoms with van der Waals surface area (Å²) in [5, 5.41) is 9.32. The number of hydrogen-bond donors (Lipinski definition) is 1. The highest BCUT2D eigenvalue weighted by Gasteiger charge is 2.26. The van der Waals surface area contributed by atoms with E-state index in [4.69, 9.17) is 0 Å². The van der Waals surface area contributed by atoms with E-state index >= 15 is 0 Å². The first-order chi connectivity index (χ1) is 8.09. The third-order valence-corrected chi connectivity index (χ3v) is 3.03. The normalized spacial score (nSPS) is 17.0. The fourth-order valence-corrected chi connectivity index (χ4v) is 2.08. The minimum atomic E-state index is -0.380. The molecule has 0 aliphatic carbocycles. The Kier molecular flexibility index (Phi) is 3.33. The van der Waals surface area contributed by atoms with Gasteiger partial charge in [0.15, 0.2) is 0 Å². The predicted molar refractivity (Wildman–Crippen MR) is 68.4 cm³/mol. The van der Waals surface area contributed by atoms with Gasteiger partial charge in [-0.05, 0) is 25.5 Å². The molecule has 1 aliphatic rings. The van der Waals surface area contributed by atoms with Crippen molar-refractivity contribution in [3.8, 4) is 0 Å². The first kappa shape index (κ1) is 11.9. The minimum Gasteiger partial charge on any atom is -0.393 e. The highest BCUT2D eigenvalue weighted by Crippen LogP contribution is 2.32. The molecule has 1 heterocycles. The lowest BCUT2D eigenvalue weighted by Crippen LogP contribution is -2.45. The van der Waals surface area contributed by atoms with Crippen molar-refractivity contribution in [2.45, 2.75) is 19.4 Å². The van der Waals surface area contributed by atoms with Crippen LogP contribution in [0.15, 0.2) is 24.3 Å². The zero-order chi connectivity index (χ0) is 12.4. The summed E-state index contributed by atoms with van der Waals surface area (Å²) in [4.78, 5) is 15.7. The summed E-state index contributed by atoms with van der Waals surface area (Å²) in [5.41, 5.74) is 2.00. The predicted octanol–water partition coefficient (Wildman–Crippen LogP) is 1.24. The number of carbonyl (C=O) groups is 1. The molecule has 1 aromatic carbocycles. The lowest BCUT2D eigenvalue weighted by molar-refractivity contribution is -0.117. The van der Waals surface area contributed by atoms with E-state index in [1.807, 2.05) is 36.2 Å².